The van der Waals surface area contributed by atoms with Gasteiger partial charge in [-0.05, 0) is 13.0 Å². The zero-order chi connectivity index (χ0) is 16.3. The van der Waals surface area contributed by atoms with E-state index in [9.17, 15) is 4.79 Å². The van der Waals surface area contributed by atoms with Crippen LogP contribution in [0.3, 0.4) is 0 Å². The predicted molar refractivity (Wildman–Crippen MR) is 88.8 cm³/mol. The van der Waals surface area contributed by atoms with E-state index < -0.39 is 5.69 Å². The van der Waals surface area contributed by atoms with Crippen LogP contribution in [0.15, 0.2) is 15.9 Å². The molecular weight excluding hydrogens is 343 g/mol. The SMILES string of the molecule is C#CCSc1nc(-n2nc(C)n(CC#C)c2=O)c(Cl)cc1Cl. The standard InChI is InChI=1S/C14H10Cl2N4OS/c1-4-6-19-9(3)18-20(14(19)21)12-10(15)8-11(16)13(17-12)22-7-5-2/h1-2,8H,6-7H2,3H3. The highest BCUT2D eigenvalue weighted by Crippen LogP contribution is 2.30. The molecule has 0 fully saturated rings. The fourth-order valence-corrected chi connectivity index (χ4v) is 2.88. The average Bonchev–Trinajstić information content (AvgIpc) is 2.75. The normalized spacial score (nSPS) is 10.2. The maximum Gasteiger partial charge on any atom is 0.353 e. The second kappa shape index (κ2) is 6.93. The first-order chi connectivity index (χ1) is 10.5. The number of terminal acetylenes is 2. The van der Waals surface area contributed by atoms with Gasteiger partial charge in [-0.1, -0.05) is 46.8 Å². The molecule has 0 saturated heterocycles. The molecule has 0 aliphatic carbocycles. The number of thioether (sulfide) groups is 1. The Labute approximate surface area is 141 Å². The number of hydrogen-bond donors (Lipinski definition) is 0. The molecule has 0 amide bonds. The number of rotatable bonds is 4. The molecule has 2 heterocycles. The second-order valence-corrected chi connectivity index (χ2v) is 5.88. The van der Waals surface area contributed by atoms with Crippen molar-refractivity contribution in [2.24, 2.45) is 0 Å². The first-order valence-electron chi connectivity index (χ1n) is 6.02. The van der Waals surface area contributed by atoms with Crippen molar-refractivity contribution < 1.29 is 0 Å². The minimum Gasteiger partial charge on any atom is -0.267 e. The molecule has 0 aliphatic heterocycles. The van der Waals surface area contributed by atoms with Gasteiger partial charge in [0.25, 0.3) is 0 Å². The Balaban J connectivity index is 2.59. The Hall–Kier alpha value is -1.86. The van der Waals surface area contributed by atoms with Crippen LogP contribution in [-0.4, -0.2) is 25.1 Å². The maximum absolute atomic E-state index is 12.3. The van der Waals surface area contributed by atoms with Crippen LogP contribution in [0, 0.1) is 31.6 Å². The van der Waals surface area contributed by atoms with Crippen LogP contribution >= 0.6 is 35.0 Å². The van der Waals surface area contributed by atoms with Crippen LogP contribution in [0.25, 0.3) is 5.82 Å². The van der Waals surface area contributed by atoms with Gasteiger partial charge in [-0.15, -0.1) is 17.9 Å². The number of halogens is 2. The molecule has 0 N–H and O–H groups in total. The molecule has 0 aromatic carbocycles. The molecule has 0 spiro atoms. The quantitative estimate of drug-likeness (QED) is 0.626. The molecule has 2 aromatic heterocycles. The van der Waals surface area contributed by atoms with Crippen molar-refractivity contribution in [3.63, 3.8) is 0 Å². The molecule has 2 aromatic rings. The molecule has 0 atom stereocenters. The zero-order valence-corrected chi connectivity index (χ0v) is 13.8. The molecule has 0 unspecified atom stereocenters. The van der Waals surface area contributed by atoms with Crippen molar-refractivity contribution in [1.82, 2.24) is 19.3 Å². The van der Waals surface area contributed by atoms with Crippen molar-refractivity contribution in [1.29, 1.82) is 0 Å². The summed E-state index contributed by atoms with van der Waals surface area (Å²) in [5, 5.41) is 5.20. The summed E-state index contributed by atoms with van der Waals surface area (Å²) in [5.74, 6) is 5.93. The third-order valence-electron chi connectivity index (χ3n) is 2.67. The lowest BCUT2D eigenvalue weighted by molar-refractivity contribution is 0.742. The van der Waals surface area contributed by atoms with Crippen LogP contribution in [0.1, 0.15) is 5.82 Å². The summed E-state index contributed by atoms with van der Waals surface area (Å²) in [5.41, 5.74) is -0.417. The predicted octanol–water partition coefficient (Wildman–Crippen LogP) is 2.40. The lowest BCUT2D eigenvalue weighted by Crippen LogP contribution is -2.24. The number of aromatic nitrogens is 4. The lowest BCUT2D eigenvalue weighted by Gasteiger charge is -2.06. The van der Waals surface area contributed by atoms with Gasteiger partial charge in [0.05, 0.1) is 22.3 Å². The Morgan fingerprint density at radius 2 is 2.05 bits per heavy atom. The minimum absolute atomic E-state index is 0.120. The molecule has 112 valence electrons. The van der Waals surface area contributed by atoms with E-state index >= 15 is 0 Å². The summed E-state index contributed by atoms with van der Waals surface area (Å²) >= 11 is 13.5. The third-order valence-corrected chi connectivity index (χ3v) is 4.24. The van der Waals surface area contributed by atoms with E-state index in [4.69, 9.17) is 36.0 Å². The van der Waals surface area contributed by atoms with Gasteiger partial charge in [0, 0.05) is 0 Å². The van der Waals surface area contributed by atoms with Crippen LogP contribution in [0.4, 0.5) is 0 Å². The summed E-state index contributed by atoms with van der Waals surface area (Å²) in [7, 11) is 0. The van der Waals surface area contributed by atoms with E-state index in [1.807, 2.05) is 0 Å². The molecule has 2 rings (SSSR count). The summed E-state index contributed by atoms with van der Waals surface area (Å²) in [4.78, 5) is 16.6. The monoisotopic (exact) mass is 352 g/mol. The average molecular weight is 353 g/mol. The van der Waals surface area contributed by atoms with Crippen molar-refractivity contribution in [3.05, 3.63) is 32.4 Å². The van der Waals surface area contributed by atoms with Gasteiger partial charge in [-0.3, -0.25) is 4.57 Å². The van der Waals surface area contributed by atoms with Crippen molar-refractivity contribution in [2.75, 3.05) is 5.75 Å². The highest BCUT2D eigenvalue weighted by Gasteiger charge is 2.17. The van der Waals surface area contributed by atoms with Gasteiger partial charge in [0.2, 0.25) is 0 Å². The fourth-order valence-electron chi connectivity index (χ4n) is 1.71. The topological polar surface area (TPSA) is 52.7 Å². The van der Waals surface area contributed by atoms with Crippen molar-refractivity contribution in [3.8, 4) is 30.5 Å². The Morgan fingerprint density at radius 3 is 2.68 bits per heavy atom. The second-order valence-electron chi connectivity index (χ2n) is 4.11. The fraction of sp³-hybridized carbons (Fsp3) is 0.214. The first-order valence-corrected chi connectivity index (χ1v) is 7.76. The summed E-state index contributed by atoms with van der Waals surface area (Å²) in [6.07, 6.45) is 10.5. The number of nitrogens with zero attached hydrogens (tertiary/aromatic N) is 4. The van der Waals surface area contributed by atoms with E-state index in [2.05, 4.69) is 21.9 Å². The summed E-state index contributed by atoms with van der Waals surface area (Å²) < 4.78 is 2.45. The van der Waals surface area contributed by atoms with E-state index in [1.54, 1.807) is 6.92 Å². The van der Waals surface area contributed by atoms with E-state index in [-0.39, 0.29) is 17.4 Å². The van der Waals surface area contributed by atoms with Crippen LogP contribution in [-0.2, 0) is 6.54 Å². The van der Waals surface area contributed by atoms with Crippen LogP contribution in [0.5, 0.6) is 0 Å². The van der Waals surface area contributed by atoms with Gasteiger partial charge < -0.3 is 0 Å². The minimum atomic E-state index is -0.417. The van der Waals surface area contributed by atoms with Gasteiger partial charge in [0.15, 0.2) is 5.82 Å². The van der Waals surface area contributed by atoms with Gasteiger partial charge in [-0.25, -0.2) is 9.78 Å². The molecule has 0 bridgehead atoms. The van der Waals surface area contributed by atoms with Gasteiger partial charge in [-0.2, -0.15) is 4.68 Å². The van der Waals surface area contributed by atoms with Crippen molar-refractivity contribution >= 4 is 35.0 Å². The molecule has 0 radical (unpaired) electrons. The van der Waals surface area contributed by atoms with Crippen LogP contribution in [0.2, 0.25) is 10.0 Å². The molecule has 0 saturated carbocycles. The molecular formula is C14H10Cl2N4OS. The highest BCUT2D eigenvalue weighted by atomic mass is 35.5. The van der Waals surface area contributed by atoms with Gasteiger partial charge >= 0.3 is 5.69 Å². The lowest BCUT2D eigenvalue weighted by atomic mass is 10.4. The van der Waals surface area contributed by atoms with E-state index in [0.29, 0.717) is 21.6 Å². The molecule has 8 heteroatoms. The summed E-state index contributed by atoms with van der Waals surface area (Å²) in [6.45, 7) is 1.79. The molecule has 0 aliphatic rings. The zero-order valence-electron chi connectivity index (χ0n) is 11.5. The maximum atomic E-state index is 12.3. The van der Waals surface area contributed by atoms with Crippen molar-refractivity contribution in [2.45, 2.75) is 18.5 Å². The number of aryl methyl sites for hydroxylation is 1. The number of pyridine rings is 1. The van der Waals surface area contributed by atoms with E-state index in [1.165, 1.54) is 22.4 Å². The smallest absolute Gasteiger partial charge is 0.267 e. The third kappa shape index (κ3) is 3.15. The highest BCUT2D eigenvalue weighted by molar-refractivity contribution is 7.99. The Morgan fingerprint density at radius 1 is 1.32 bits per heavy atom. The molecule has 5 nitrogen and oxygen atoms in total. The summed E-state index contributed by atoms with van der Waals surface area (Å²) in [6, 6.07) is 1.51. The number of hydrogen-bond acceptors (Lipinski definition) is 4. The first kappa shape index (κ1) is 16.5. The van der Waals surface area contributed by atoms with Crippen LogP contribution < -0.4 is 5.69 Å². The van der Waals surface area contributed by atoms with Gasteiger partial charge in [0.1, 0.15) is 10.9 Å². The molecule has 22 heavy (non-hydrogen) atoms. The largest absolute Gasteiger partial charge is 0.353 e. The Kier molecular flexibility index (Phi) is 5.20. The Bertz CT molecular complexity index is 857. The van der Waals surface area contributed by atoms with E-state index in [0.717, 1.165) is 4.68 Å².